The number of nitrogens with zero attached hydrogens (tertiary/aromatic N) is 3. The van der Waals surface area contributed by atoms with Crippen molar-refractivity contribution >= 4 is 46.3 Å². The number of aryl methyl sites for hydroxylation is 1. The maximum Gasteiger partial charge on any atom is 0.249 e. The minimum Gasteiger partial charge on any atom is -0.495 e. The lowest BCUT2D eigenvalue weighted by Gasteiger charge is -2.11. The van der Waals surface area contributed by atoms with E-state index < -0.39 is 0 Å². The lowest BCUT2D eigenvalue weighted by molar-refractivity contribution is 0.417. The van der Waals surface area contributed by atoms with Crippen LogP contribution in [0.5, 0.6) is 5.75 Å². The van der Waals surface area contributed by atoms with Crippen LogP contribution in [0, 0.1) is 6.92 Å². The first-order valence-electron chi connectivity index (χ1n) is 7.38. The molecule has 0 aliphatic rings. The molecular weight excluding hydrogens is 361 g/mol. The molecule has 6 nitrogen and oxygen atoms in total. The molecule has 0 fully saturated rings. The number of rotatable bonds is 5. The zero-order valence-corrected chi connectivity index (χ0v) is 15.1. The van der Waals surface area contributed by atoms with Gasteiger partial charge in [0.15, 0.2) is 5.82 Å². The molecule has 0 aliphatic heterocycles. The van der Waals surface area contributed by atoms with Crippen molar-refractivity contribution in [1.29, 1.82) is 0 Å². The Bertz CT molecular complexity index is 904. The van der Waals surface area contributed by atoms with Crippen LogP contribution in [0.25, 0.3) is 0 Å². The molecule has 0 saturated heterocycles. The topological polar surface area (TPSA) is 72.0 Å². The van der Waals surface area contributed by atoms with Gasteiger partial charge in [0.2, 0.25) is 5.95 Å². The first kappa shape index (κ1) is 17.3. The number of hydrogen-bond acceptors (Lipinski definition) is 6. The summed E-state index contributed by atoms with van der Waals surface area (Å²) in [5.74, 6) is 1.46. The summed E-state index contributed by atoms with van der Waals surface area (Å²) < 4.78 is 5.30. The second-order valence-electron chi connectivity index (χ2n) is 5.22. The predicted octanol–water partition coefficient (Wildman–Crippen LogP) is 4.98. The zero-order valence-electron chi connectivity index (χ0n) is 13.5. The Morgan fingerprint density at radius 1 is 1.04 bits per heavy atom. The van der Waals surface area contributed by atoms with Crippen LogP contribution in [0.1, 0.15) is 5.56 Å². The van der Waals surface area contributed by atoms with E-state index in [1.54, 1.807) is 25.3 Å². The molecule has 8 heteroatoms. The summed E-state index contributed by atoms with van der Waals surface area (Å²) in [5.41, 5.74) is 2.46. The molecule has 0 aliphatic carbocycles. The average Bonchev–Trinajstić information content (AvgIpc) is 2.59. The van der Waals surface area contributed by atoms with Crippen LogP contribution in [0.4, 0.5) is 23.1 Å². The molecule has 3 aromatic rings. The fourth-order valence-corrected chi connectivity index (χ4v) is 2.49. The van der Waals surface area contributed by atoms with Crippen LogP contribution in [-0.4, -0.2) is 22.3 Å². The molecule has 3 rings (SSSR count). The van der Waals surface area contributed by atoms with Crippen molar-refractivity contribution in [2.24, 2.45) is 0 Å². The first-order chi connectivity index (χ1) is 12.0. The minimum atomic E-state index is 0.309. The van der Waals surface area contributed by atoms with E-state index in [0.717, 1.165) is 11.3 Å². The molecule has 1 heterocycles. The van der Waals surface area contributed by atoms with Gasteiger partial charge in [-0.15, -0.1) is 5.10 Å². The van der Waals surface area contributed by atoms with Gasteiger partial charge in [-0.25, -0.2) is 0 Å². The van der Waals surface area contributed by atoms with Crippen molar-refractivity contribution in [3.8, 4) is 5.75 Å². The fourth-order valence-electron chi connectivity index (χ4n) is 2.13. The van der Waals surface area contributed by atoms with Crippen molar-refractivity contribution in [2.45, 2.75) is 6.92 Å². The number of aromatic nitrogens is 3. The van der Waals surface area contributed by atoms with E-state index >= 15 is 0 Å². The monoisotopic (exact) mass is 375 g/mol. The maximum atomic E-state index is 6.14. The van der Waals surface area contributed by atoms with Gasteiger partial charge in [-0.3, -0.25) is 0 Å². The first-order valence-corrected chi connectivity index (χ1v) is 8.14. The van der Waals surface area contributed by atoms with Gasteiger partial charge >= 0.3 is 0 Å². The molecule has 2 N–H and O–H groups in total. The number of methoxy groups -OCH3 is 1. The summed E-state index contributed by atoms with van der Waals surface area (Å²) in [6.45, 7) is 1.94. The minimum absolute atomic E-state index is 0.309. The van der Waals surface area contributed by atoms with E-state index in [-0.39, 0.29) is 0 Å². The van der Waals surface area contributed by atoms with Crippen LogP contribution in [0.2, 0.25) is 10.0 Å². The molecule has 0 amide bonds. The second kappa shape index (κ2) is 7.55. The van der Waals surface area contributed by atoms with Gasteiger partial charge in [0.05, 0.1) is 19.0 Å². The van der Waals surface area contributed by atoms with E-state index in [2.05, 4.69) is 25.8 Å². The van der Waals surface area contributed by atoms with E-state index in [4.69, 9.17) is 27.9 Å². The van der Waals surface area contributed by atoms with Crippen LogP contribution >= 0.6 is 23.2 Å². The third-order valence-electron chi connectivity index (χ3n) is 3.41. The van der Waals surface area contributed by atoms with E-state index in [9.17, 15) is 0 Å². The zero-order chi connectivity index (χ0) is 17.8. The highest BCUT2D eigenvalue weighted by atomic mass is 35.5. The Labute approximate surface area is 155 Å². The highest BCUT2D eigenvalue weighted by molar-refractivity contribution is 6.31. The third kappa shape index (κ3) is 4.29. The number of ether oxygens (including phenoxy) is 1. The summed E-state index contributed by atoms with van der Waals surface area (Å²) in [6, 6.07) is 10.9. The molecule has 0 radical (unpaired) electrons. The smallest absolute Gasteiger partial charge is 0.249 e. The molecule has 128 valence electrons. The standard InChI is InChI=1S/C17H15Cl2N5O/c1-10-3-5-12(8-13(10)19)21-16-9-20-24-17(23-16)22-14-7-11(18)4-6-15(14)25-2/h3-9H,1-2H3,(H2,21,22,23,24). The van der Waals surface area contributed by atoms with Crippen molar-refractivity contribution in [3.63, 3.8) is 0 Å². The molecule has 2 aromatic carbocycles. The van der Waals surface area contributed by atoms with Crippen molar-refractivity contribution in [2.75, 3.05) is 17.7 Å². The summed E-state index contributed by atoms with van der Waals surface area (Å²) in [6.07, 6.45) is 1.52. The molecule has 0 atom stereocenters. The Balaban J connectivity index is 1.82. The largest absolute Gasteiger partial charge is 0.495 e. The van der Waals surface area contributed by atoms with Gasteiger partial charge in [-0.05, 0) is 42.8 Å². The summed E-state index contributed by atoms with van der Waals surface area (Å²) in [4.78, 5) is 4.38. The average molecular weight is 376 g/mol. The fraction of sp³-hybridized carbons (Fsp3) is 0.118. The highest BCUT2D eigenvalue weighted by Crippen LogP contribution is 2.29. The lowest BCUT2D eigenvalue weighted by atomic mass is 10.2. The molecule has 1 aromatic heterocycles. The van der Waals surface area contributed by atoms with Gasteiger partial charge in [0.25, 0.3) is 0 Å². The van der Waals surface area contributed by atoms with Crippen molar-refractivity contribution in [3.05, 3.63) is 58.2 Å². The highest BCUT2D eigenvalue weighted by Gasteiger charge is 2.08. The quantitative estimate of drug-likeness (QED) is 0.654. The number of nitrogens with one attached hydrogen (secondary N) is 2. The normalized spacial score (nSPS) is 10.4. The summed E-state index contributed by atoms with van der Waals surface area (Å²) >= 11 is 12.2. The third-order valence-corrected chi connectivity index (χ3v) is 4.05. The summed E-state index contributed by atoms with van der Waals surface area (Å²) in [5, 5.41) is 15.4. The number of halogens is 2. The predicted molar refractivity (Wildman–Crippen MR) is 101 cm³/mol. The molecule has 0 unspecified atom stereocenters. The van der Waals surface area contributed by atoms with Crippen LogP contribution < -0.4 is 15.4 Å². The Morgan fingerprint density at radius 3 is 2.64 bits per heavy atom. The van der Waals surface area contributed by atoms with Gasteiger partial charge in [0, 0.05) is 15.7 Å². The van der Waals surface area contributed by atoms with Crippen LogP contribution in [0.3, 0.4) is 0 Å². The van der Waals surface area contributed by atoms with Crippen molar-refractivity contribution in [1.82, 2.24) is 15.2 Å². The maximum absolute atomic E-state index is 6.14. The number of hydrogen-bond donors (Lipinski definition) is 2. The Hall–Kier alpha value is -2.57. The Morgan fingerprint density at radius 2 is 1.88 bits per heavy atom. The molecule has 0 bridgehead atoms. The van der Waals surface area contributed by atoms with Crippen molar-refractivity contribution < 1.29 is 4.74 Å². The van der Waals surface area contributed by atoms with E-state index in [1.807, 2.05) is 25.1 Å². The Kier molecular flexibility index (Phi) is 5.21. The molecule has 0 spiro atoms. The van der Waals surface area contributed by atoms with Gasteiger partial charge in [0.1, 0.15) is 5.75 Å². The molecule has 0 saturated carbocycles. The van der Waals surface area contributed by atoms with Gasteiger partial charge in [-0.1, -0.05) is 29.3 Å². The second-order valence-corrected chi connectivity index (χ2v) is 6.07. The van der Waals surface area contributed by atoms with Crippen LogP contribution in [-0.2, 0) is 0 Å². The summed E-state index contributed by atoms with van der Waals surface area (Å²) in [7, 11) is 1.58. The molecule has 25 heavy (non-hydrogen) atoms. The van der Waals surface area contributed by atoms with Gasteiger partial charge < -0.3 is 15.4 Å². The number of benzene rings is 2. The van der Waals surface area contributed by atoms with Gasteiger partial charge in [-0.2, -0.15) is 10.1 Å². The van der Waals surface area contributed by atoms with E-state index in [0.29, 0.717) is 33.2 Å². The van der Waals surface area contributed by atoms with E-state index in [1.165, 1.54) is 6.20 Å². The SMILES string of the molecule is COc1ccc(Cl)cc1Nc1nncc(Nc2ccc(C)c(Cl)c2)n1. The van der Waals surface area contributed by atoms with Crippen LogP contribution in [0.15, 0.2) is 42.6 Å². The lowest BCUT2D eigenvalue weighted by Crippen LogP contribution is -2.03. The molecular formula is C17H15Cl2N5O. The number of anilines is 4.